The zero-order chi connectivity index (χ0) is 20.2. The topological polar surface area (TPSA) is 76.6 Å². The van der Waals surface area contributed by atoms with Gasteiger partial charge in [-0.05, 0) is 11.1 Å². The van der Waals surface area contributed by atoms with Gasteiger partial charge in [-0.1, -0.05) is 60.7 Å². The van der Waals surface area contributed by atoms with E-state index in [9.17, 15) is 9.59 Å². The van der Waals surface area contributed by atoms with Gasteiger partial charge in [0, 0.05) is 12.0 Å². The molecule has 0 saturated carbocycles. The van der Waals surface area contributed by atoms with Crippen LogP contribution < -0.4 is 16.0 Å². The van der Waals surface area contributed by atoms with Crippen molar-refractivity contribution in [3.63, 3.8) is 0 Å². The Kier molecular flexibility index (Phi) is 5.74. The molecule has 4 rings (SSSR count). The number of hydrogen-bond donors (Lipinski definition) is 3. The van der Waals surface area contributed by atoms with Crippen molar-refractivity contribution >= 4 is 28.2 Å². The number of rotatable bonds is 6. The van der Waals surface area contributed by atoms with Crippen LogP contribution in [0.2, 0.25) is 0 Å². The molecule has 2 aromatic carbocycles. The van der Waals surface area contributed by atoms with Gasteiger partial charge in [-0.15, -0.1) is 11.3 Å². The largest absolute Gasteiger partial charge is 0.365 e. The SMILES string of the molecule is NC(=O)c1c(NC(=O)Cc2ccccc2)sc2c1CC[NH+](Cc1ccccc1)C2. The van der Waals surface area contributed by atoms with Crippen LogP contribution in [-0.2, 0) is 30.7 Å². The zero-order valence-corrected chi connectivity index (χ0v) is 16.9. The fraction of sp³-hybridized carbons (Fsp3) is 0.217. The number of carbonyl (C=O) groups is 2. The molecule has 148 valence electrons. The molecule has 6 heteroatoms. The third-order valence-corrected chi connectivity index (χ3v) is 6.38. The second-order valence-electron chi connectivity index (χ2n) is 7.37. The monoisotopic (exact) mass is 406 g/mol. The van der Waals surface area contributed by atoms with Crippen LogP contribution in [0.15, 0.2) is 60.7 Å². The number of nitrogens with one attached hydrogen (secondary N) is 2. The van der Waals surface area contributed by atoms with Gasteiger partial charge in [0.25, 0.3) is 5.91 Å². The van der Waals surface area contributed by atoms with Gasteiger partial charge in [-0.2, -0.15) is 0 Å². The van der Waals surface area contributed by atoms with Crippen LogP contribution in [0.4, 0.5) is 5.00 Å². The first kappa shape index (κ1) is 19.4. The summed E-state index contributed by atoms with van der Waals surface area (Å²) < 4.78 is 0. The lowest BCUT2D eigenvalue weighted by molar-refractivity contribution is -0.929. The van der Waals surface area contributed by atoms with Crippen molar-refractivity contribution in [3.8, 4) is 0 Å². The Morgan fingerprint density at radius 3 is 2.31 bits per heavy atom. The van der Waals surface area contributed by atoms with Crippen molar-refractivity contribution < 1.29 is 14.5 Å². The molecule has 0 aliphatic carbocycles. The summed E-state index contributed by atoms with van der Waals surface area (Å²) >= 11 is 1.49. The quantitative estimate of drug-likeness (QED) is 0.587. The molecule has 1 aliphatic rings. The Balaban J connectivity index is 1.51. The number of benzene rings is 2. The molecule has 0 spiro atoms. The van der Waals surface area contributed by atoms with E-state index in [0.29, 0.717) is 10.6 Å². The zero-order valence-electron chi connectivity index (χ0n) is 16.1. The highest BCUT2D eigenvalue weighted by Gasteiger charge is 2.29. The van der Waals surface area contributed by atoms with Gasteiger partial charge < -0.3 is 16.0 Å². The number of carbonyl (C=O) groups excluding carboxylic acids is 2. The minimum absolute atomic E-state index is 0.134. The predicted octanol–water partition coefficient (Wildman–Crippen LogP) is 2.17. The van der Waals surface area contributed by atoms with E-state index in [2.05, 4.69) is 29.6 Å². The lowest BCUT2D eigenvalue weighted by Gasteiger charge is -2.24. The lowest BCUT2D eigenvalue weighted by Crippen LogP contribution is -3.10. The third-order valence-electron chi connectivity index (χ3n) is 5.23. The summed E-state index contributed by atoms with van der Waals surface area (Å²) in [6.07, 6.45) is 1.06. The van der Waals surface area contributed by atoms with Gasteiger partial charge in [0.05, 0.1) is 23.4 Å². The van der Waals surface area contributed by atoms with Crippen LogP contribution in [0.25, 0.3) is 0 Å². The fourth-order valence-electron chi connectivity index (χ4n) is 3.87. The van der Waals surface area contributed by atoms with Gasteiger partial charge in [0.1, 0.15) is 18.1 Å². The molecule has 5 nitrogen and oxygen atoms in total. The number of amides is 2. The standard InChI is InChI=1S/C23H23N3O2S/c24-22(28)21-18-11-12-26(14-17-9-5-2-6-10-17)15-19(18)29-23(21)25-20(27)13-16-7-3-1-4-8-16/h1-10H,11-15H2,(H2,24,28)(H,25,27)/p+1. The molecule has 4 N–H and O–H groups in total. The summed E-state index contributed by atoms with van der Waals surface area (Å²) in [6.45, 7) is 2.72. The van der Waals surface area contributed by atoms with E-state index in [4.69, 9.17) is 5.73 Å². The summed E-state index contributed by atoms with van der Waals surface area (Å²) in [5, 5.41) is 3.52. The molecule has 0 radical (unpaired) electrons. The Morgan fingerprint density at radius 2 is 1.66 bits per heavy atom. The maximum atomic E-state index is 12.5. The molecule has 1 unspecified atom stereocenters. The van der Waals surface area contributed by atoms with E-state index >= 15 is 0 Å². The van der Waals surface area contributed by atoms with E-state index < -0.39 is 5.91 Å². The van der Waals surface area contributed by atoms with E-state index in [1.54, 1.807) is 0 Å². The minimum atomic E-state index is -0.468. The molecule has 1 aliphatic heterocycles. The van der Waals surface area contributed by atoms with E-state index in [1.807, 2.05) is 36.4 Å². The maximum Gasteiger partial charge on any atom is 0.252 e. The second kappa shape index (κ2) is 8.59. The van der Waals surface area contributed by atoms with Gasteiger partial charge in [-0.3, -0.25) is 9.59 Å². The van der Waals surface area contributed by atoms with Crippen molar-refractivity contribution in [2.24, 2.45) is 5.73 Å². The highest BCUT2D eigenvalue weighted by atomic mass is 32.1. The van der Waals surface area contributed by atoms with Crippen molar-refractivity contribution in [2.45, 2.75) is 25.9 Å². The van der Waals surface area contributed by atoms with E-state index in [1.165, 1.54) is 21.8 Å². The Morgan fingerprint density at radius 1 is 1.00 bits per heavy atom. The van der Waals surface area contributed by atoms with Gasteiger partial charge in [0.15, 0.2) is 0 Å². The summed E-state index contributed by atoms with van der Waals surface area (Å²) in [4.78, 5) is 27.2. The number of quaternary nitrogens is 1. The number of fused-ring (bicyclic) bond motifs is 1. The average molecular weight is 407 g/mol. The highest BCUT2D eigenvalue weighted by Crippen LogP contribution is 2.34. The molecular weight excluding hydrogens is 382 g/mol. The van der Waals surface area contributed by atoms with Crippen LogP contribution in [0.3, 0.4) is 0 Å². The lowest BCUT2D eigenvalue weighted by atomic mass is 10.0. The Bertz CT molecular complexity index is 1020. The van der Waals surface area contributed by atoms with Gasteiger partial charge >= 0.3 is 0 Å². The number of thiophene rings is 1. The Labute approximate surface area is 174 Å². The number of anilines is 1. The first-order chi connectivity index (χ1) is 14.1. The minimum Gasteiger partial charge on any atom is -0.365 e. The van der Waals surface area contributed by atoms with E-state index in [-0.39, 0.29) is 12.3 Å². The van der Waals surface area contributed by atoms with Crippen molar-refractivity contribution in [1.29, 1.82) is 0 Å². The highest BCUT2D eigenvalue weighted by molar-refractivity contribution is 7.17. The molecule has 1 aromatic heterocycles. The number of nitrogens with two attached hydrogens (primary N) is 1. The van der Waals surface area contributed by atoms with Crippen LogP contribution in [0.5, 0.6) is 0 Å². The van der Waals surface area contributed by atoms with Crippen molar-refractivity contribution in [2.75, 3.05) is 11.9 Å². The second-order valence-corrected chi connectivity index (χ2v) is 8.48. The first-order valence-electron chi connectivity index (χ1n) is 9.75. The summed E-state index contributed by atoms with van der Waals surface area (Å²) in [5.41, 5.74) is 9.41. The normalized spacial score (nSPS) is 15.5. The van der Waals surface area contributed by atoms with Crippen LogP contribution in [0.1, 0.15) is 31.9 Å². The summed E-state index contributed by atoms with van der Waals surface area (Å²) in [6, 6.07) is 20.0. The first-order valence-corrected chi connectivity index (χ1v) is 10.6. The third kappa shape index (κ3) is 4.55. The summed E-state index contributed by atoms with van der Waals surface area (Å²) in [5.74, 6) is -0.602. The predicted molar refractivity (Wildman–Crippen MR) is 115 cm³/mol. The molecule has 3 aromatic rings. The van der Waals surface area contributed by atoms with Gasteiger partial charge in [0.2, 0.25) is 5.91 Å². The molecule has 2 amide bonds. The smallest absolute Gasteiger partial charge is 0.252 e. The van der Waals surface area contributed by atoms with Crippen LogP contribution in [-0.4, -0.2) is 18.4 Å². The molecule has 0 bridgehead atoms. The summed E-state index contributed by atoms with van der Waals surface area (Å²) in [7, 11) is 0. The average Bonchev–Trinajstić information content (AvgIpc) is 3.06. The molecule has 0 fully saturated rings. The van der Waals surface area contributed by atoms with Crippen molar-refractivity contribution in [3.05, 3.63) is 87.8 Å². The molecule has 1 atom stereocenters. The van der Waals surface area contributed by atoms with E-state index in [0.717, 1.165) is 42.1 Å². The van der Waals surface area contributed by atoms with Gasteiger partial charge in [-0.25, -0.2) is 0 Å². The molecular formula is C23H24N3O2S+. The molecule has 2 heterocycles. The fourth-order valence-corrected chi connectivity index (χ4v) is 5.21. The number of hydrogen-bond acceptors (Lipinski definition) is 3. The van der Waals surface area contributed by atoms with Crippen LogP contribution in [0, 0.1) is 0 Å². The molecule has 0 saturated heterocycles. The molecule has 29 heavy (non-hydrogen) atoms. The maximum absolute atomic E-state index is 12.5. The Hall–Kier alpha value is -2.96. The van der Waals surface area contributed by atoms with Crippen molar-refractivity contribution in [1.82, 2.24) is 0 Å². The van der Waals surface area contributed by atoms with Crippen LogP contribution >= 0.6 is 11.3 Å². The number of primary amides is 1.